The van der Waals surface area contributed by atoms with Crippen LogP contribution in [-0.2, 0) is 9.53 Å². The molecule has 1 unspecified atom stereocenters. The molecule has 2 aromatic carbocycles. The summed E-state index contributed by atoms with van der Waals surface area (Å²) in [5, 5.41) is 3.57. The monoisotopic (exact) mass is 438 g/mol. The van der Waals surface area contributed by atoms with Crippen LogP contribution >= 0.6 is 27.5 Å². The molecule has 7 heteroatoms. The van der Waals surface area contributed by atoms with E-state index in [0.717, 1.165) is 24.5 Å². The lowest BCUT2D eigenvalue weighted by atomic mass is 10.2. The van der Waals surface area contributed by atoms with E-state index < -0.39 is 6.10 Å². The summed E-state index contributed by atoms with van der Waals surface area (Å²) in [7, 11) is 0. The first kappa shape index (κ1) is 19.0. The molecule has 1 N–H and O–H groups in total. The second kappa shape index (κ2) is 8.75. The van der Waals surface area contributed by atoms with Crippen molar-refractivity contribution in [3.05, 3.63) is 52.0 Å². The molecule has 138 valence electrons. The third-order valence-corrected chi connectivity index (χ3v) is 4.94. The quantitative estimate of drug-likeness (QED) is 0.753. The number of morpholine rings is 1. The second-order valence-electron chi connectivity index (χ2n) is 5.94. The SMILES string of the molecule is CC(Oc1ccc(Cl)cc1Br)C(=O)Nc1ccccc1N1CCOCC1. The van der Waals surface area contributed by atoms with Gasteiger partial charge in [-0.25, -0.2) is 0 Å². The zero-order valence-corrected chi connectivity index (χ0v) is 16.7. The molecular formula is C19H20BrClN2O3. The Morgan fingerprint density at radius 2 is 2.00 bits per heavy atom. The minimum absolute atomic E-state index is 0.215. The summed E-state index contributed by atoms with van der Waals surface area (Å²) in [6.07, 6.45) is -0.662. The molecule has 0 saturated carbocycles. The molecular weight excluding hydrogens is 420 g/mol. The molecule has 0 aromatic heterocycles. The van der Waals surface area contributed by atoms with Gasteiger partial charge in [-0.05, 0) is 53.2 Å². The smallest absolute Gasteiger partial charge is 0.265 e. The molecule has 5 nitrogen and oxygen atoms in total. The maximum atomic E-state index is 12.6. The summed E-state index contributed by atoms with van der Waals surface area (Å²) in [5.41, 5.74) is 1.76. The Morgan fingerprint density at radius 1 is 1.27 bits per heavy atom. The van der Waals surface area contributed by atoms with Crippen molar-refractivity contribution in [2.45, 2.75) is 13.0 Å². The normalized spacial score (nSPS) is 15.4. The fraction of sp³-hybridized carbons (Fsp3) is 0.316. The number of hydrogen-bond donors (Lipinski definition) is 1. The lowest BCUT2D eigenvalue weighted by Crippen LogP contribution is -2.37. The van der Waals surface area contributed by atoms with Crippen LogP contribution in [0.1, 0.15) is 6.92 Å². The van der Waals surface area contributed by atoms with Crippen LogP contribution < -0.4 is 15.0 Å². The van der Waals surface area contributed by atoms with Crippen LogP contribution in [0.2, 0.25) is 5.02 Å². The van der Waals surface area contributed by atoms with Crippen molar-refractivity contribution in [1.29, 1.82) is 0 Å². The van der Waals surface area contributed by atoms with E-state index in [4.69, 9.17) is 21.1 Å². The van der Waals surface area contributed by atoms with Gasteiger partial charge in [-0.2, -0.15) is 0 Å². The summed E-state index contributed by atoms with van der Waals surface area (Å²) in [4.78, 5) is 14.8. The molecule has 1 aliphatic rings. The number of amides is 1. The van der Waals surface area contributed by atoms with Gasteiger partial charge in [0, 0.05) is 18.1 Å². The highest BCUT2D eigenvalue weighted by Gasteiger charge is 2.20. The Bertz CT molecular complexity index is 781. The van der Waals surface area contributed by atoms with Crippen LogP contribution in [0.3, 0.4) is 0 Å². The maximum Gasteiger partial charge on any atom is 0.265 e. The number of anilines is 2. The second-order valence-corrected chi connectivity index (χ2v) is 7.23. The zero-order chi connectivity index (χ0) is 18.5. The first-order valence-electron chi connectivity index (χ1n) is 8.39. The van der Waals surface area contributed by atoms with Crippen LogP contribution in [0.15, 0.2) is 46.9 Å². The van der Waals surface area contributed by atoms with Crippen molar-refractivity contribution in [3.8, 4) is 5.75 Å². The average Bonchev–Trinajstić information content (AvgIpc) is 2.65. The van der Waals surface area contributed by atoms with E-state index in [0.29, 0.717) is 28.5 Å². The van der Waals surface area contributed by atoms with Crippen LogP contribution in [0.25, 0.3) is 0 Å². The van der Waals surface area contributed by atoms with Gasteiger partial charge in [0.15, 0.2) is 6.10 Å². The summed E-state index contributed by atoms with van der Waals surface area (Å²) >= 11 is 9.33. The summed E-state index contributed by atoms with van der Waals surface area (Å²) < 4.78 is 11.9. The molecule has 1 aliphatic heterocycles. The number of carbonyl (C=O) groups is 1. The minimum atomic E-state index is -0.662. The van der Waals surface area contributed by atoms with E-state index in [9.17, 15) is 4.79 Å². The minimum Gasteiger partial charge on any atom is -0.480 e. The van der Waals surface area contributed by atoms with Gasteiger partial charge in [0.05, 0.1) is 29.1 Å². The van der Waals surface area contributed by atoms with E-state index >= 15 is 0 Å². The molecule has 1 heterocycles. The van der Waals surface area contributed by atoms with Crippen LogP contribution in [0.5, 0.6) is 5.75 Å². The van der Waals surface area contributed by atoms with Gasteiger partial charge in [-0.3, -0.25) is 4.79 Å². The molecule has 2 aromatic rings. The van der Waals surface area contributed by atoms with Gasteiger partial charge < -0.3 is 19.7 Å². The predicted molar refractivity (Wildman–Crippen MR) is 107 cm³/mol. The first-order valence-corrected chi connectivity index (χ1v) is 9.56. The molecule has 1 saturated heterocycles. The van der Waals surface area contributed by atoms with Crippen molar-refractivity contribution < 1.29 is 14.3 Å². The van der Waals surface area contributed by atoms with E-state index in [2.05, 4.69) is 26.1 Å². The van der Waals surface area contributed by atoms with Gasteiger partial charge >= 0.3 is 0 Å². The van der Waals surface area contributed by atoms with Crippen molar-refractivity contribution in [2.24, 2.45) is 0 Å². The lowest BCUT2D eigenvalue weighted by molar-refractivity contribution is -0.122. The highest BCUT2D eigenvalue weighted by Crippen LogP contribution is 2.30. The van der Waals surface area contributed by atoms with Crippen molar-refractivity contribution in [1.82, 2.24) is 0 Å². The van der Waals surface area contributed by atoms with Crippen molar-refractivity contribution >= 4 is 44.8 Å². The topological polar surface area (TPSA) is 50.8 Å². The van der Waals surface area contributed by atoms with E-state index in [1.807, 2.05) is 24.3 Å². The number of rotatable bonds is 5. The zero-order valence-electron chi connectivity index (χ0n) is 14.4. The largest absolute Gasteiger partial charge is 0.480 e. The van der Waals surface area contributed by atoms with E-state index in [-0.39, 0.29) is 5.91 Å². The highest BCUT2D eigenvalue weighted by molar-refractivity contribution is 9.10. The molecule has 0 radical (unpaired) electrons. The van der Waals surface area contributed by atoms with Gasteiger partial charge in [0.1, 0.15) is 5.75 Å². The lowest BCUT2D eigenvalue weighted by Gasteiger charge is -2.30. The number of carbonyl (C=O) groups excluding carboxylic acids is 1. The molecule has 3 rings (SSSR count). The Hall–Kier alpha value is -1.76. The Balaban J connectivity index is 1.69. The number of nitrogens with one attached hydrogen (secondary N) is 1. The number of nitrogens with zero attached hydrogens (tertiary/aromatic N) is 1. The molecule has 0 aliphatic carbocycles. The molecule has 1 amide bonds. The number of benzene rings is 2. The van der Waals surface area contributed by atoms with E-state index in [1.54, 1.807) is 25.1 Å². The fourth-order valence-electron chi connectivity index (χ4n) is 2.71. The Kier molecular flexibility index (Phi) is 6.40. The van der Waals surface area contributed by atoms with Crippen LogP contribution in [0, 0.1) is 0 Å². The Morgan fingerprint density at radius 3 is 2.73 bits per heavy atom. The maximum absolute atomic E-state index is 12.6. The molecule has 1 atom stereocenters. The number of halogens is 2. The van der Waals surface area contributed by atoms with Crippen LogP contribution in [0.4, 0.5) is 11.4 Å². The number of ether oxygens (including phenoxy) is 2. The molecule has 0 bridgehead atoms. The Labute approximate surface area is 166 Å². The summed E-state index contributed by atoms with van der Waals surface area (Å²) in [5.74, 6) is 0.353. The van der Waals surface area contributed by atoms with E-state index in [1.165, 1.54) is 0 Å². The third-order valence-electron chi connectivity index (χ3n) is 4.08. The first-order chi connectivity index (χ1) is 12.5. The predicted octanol–water partition coefficient (Wildman–Crippen LogP) is 4.35. The van der Waals surface area contributed by atoms with Crippen molar-refractivity contribution in [3.63, 3.8) is 0 Å². The van der Waals surface area contributed by atoms with Crippen LogP contribution in [-0.4, -0.2) is 38.3 Å². The van der Waals surface area contributed by atoms with Crippen molar-refractivity contribution in [2.75, 3.05) is 36.5 Å². The summed E-state index contributed by atoms with van der Waals surface area (Å²) in [6.45, 7) is 4.69. The highest BCUT2D eigenvalue weighted by atomic mass is 79.9. The number of hydrogen-bond acceptors (Lipinski definition) is 4. The number of para-hydroxylation sites is 2. The van der Waals surface area contributed by atoms with Gasteiger partial charge in [0.2, 0.25) is 0 Å². The molecule has 26 heavy (non-hydrogen) atoms. The fourth-order valence-corrected chi connectivity index (χ4v) is 3.48. The average molecular weight is 440 g/mol. The van der Waals surface area contributed by atoms with Gasteiger partial charge in [0.25, 0.3) is 5.91 Å². The van der Waals surface area contributed by atoms with Gasteiger partial charge in [-0.15, -0.1) is 0 Å². The molecule has 0 spiro atoms. The molecule has 1 fully saturated rings. The van der Waals surface area contributed by atoms with Gasteiger partial charge in [-0.1, -0.05) is 23.7 Å². The standard InChI is InChI=1S/C19H20BrClN2O3/c1-13(26-18-7-6-14(21)12-15(18)20)19(24)22-16-4-2-3-5-17(16)23-8-10-25-11-9-23/h2-7,12-13H,8-11H2,1H3,(H,22,24). The summed E-state index contributed by atoms with van der Waals surface area (Å²) in [6, 6.07) is 13.0. The third kappa shape index (κ3) is 4.69.